The number of benzene rings is 1. The summed E-state index contributed by atoms with van der Waals surface area (Å²) in [5.41, 5.74) is 3.74. The molecule has 1 aromatic carbocycles. The molecule has 0 atom stereocenters. The van der Waals surface area contributed by atoms with Crippen molar-refractivity contribution in [2.24, 2.45) is 0 Å². The van der Waals surface area contributed by atoms with Crippen LogP contribution in [-0.4, -0.2) is 58.6 Å². The van der Waals surface area contributed by atoms with Crippen molar-refractivity contribution in [3.63, 3.8) is 0 Å². The summed E-state index contributed by atoms with van der Waals surface area (Å²) in [5.74, 6) is 0.105. The fourth-order valence-electron chi connectivity index (χ4n) is 4.63. The molecular weight excluding hydrogens is 383 g/mol. The molecule has 4 heterocycles. The maximum absolute atomic E-state index is 13.8. The number of piperidine rings is 1. The summed E-state index contributed by atoms with van der Waals surface area (Å²) in [6, 6.07) is 7.16. The topological polar surface area (TPSA) is 62.5 Å². The fraction of sp³-hybridized carbons (Fsp3) is 0.435. The SMILES string of the molecule is Cc1cc2c(C3CCN(CCN4CCc5cccnc5C4=O)CC3)noc2cc1F. The number of aromatic nitrogens is 2. The van der Waals surface area contributed by atoms with E-state index in [4.69, 9.17) is 4.52 Å². The Kier molecular flexibility index (Phi) is 4.98. The predicted octanol–water partition coefficient (Wildman–Crippen LogP) is 3.55. The molecule has 0 aliphatic carbocycles. The number of fused-ring (bicyclic) bond motifs is 2. The van der Waals surface area contributed by atoms with Gasteiger partial charge in [0.15, 0.2) is 5.58 Å². The molecule has 2 aliphatic heterocycles. The lowest BCUT2D eigenvalue weighted by atomic mass is 9.91. The summed E-state index contributed by atoms with van der Waals surface area (Å²) < 4.78 is 19.2. The number of hydrogen-bond donors (Lipinski definition) is 0. The number of rotatable bonds is 4. The van der Waals surface area contributed by atoms with E-state index in [1.54, 1.807) is 13.1 Å². The van der Waals surface area contributed by atoms with Gasteiger partial charge in [0.25, 0.3) is 5.91 Å². The second kappa shape index (κ2) is 7.80. The van der Waals surface area contributed by atoms with Crippen LogP contribution in [0.4, 0.5) is 4.39 Å². The largest absolute Gasteiger partial charge is 0.356 e. The minimum atomic E-state index is -0.259. The maximum Gasteiger partial charge on any atom is 0.272 e. The minimum Gasteiger partial charge on any atom is -0.356 e. The third-order valence-electron chi connectivity index (χ3n) is 6.47. The summed E-state index contributed by atoms with van der Waals surface area (Å²) >= 11 is 0. The van der Waals surface area contributed by atoms with Gasteiger partial charge in [0.1, 0.15) is 11.5 Å². The van der Waals surface area contributed by atoms with E-state index in [1.165, 1.54) is 6.07 Å². The Balaban J connectivity index is 1.18. The first-order valence-corrected chi connectivity index (χ1v) is 10.6. The van der Waals surface area contributed by atoms with Gasteiger partial charge in [0.2, 0.25) is 0 Å². The molecule has 1 amide bonds. The lowest BCUT2D eigenvalue weighted by Gasteiger charge is -2.34. The van der Waals surface area contributed by atoms with Crippen LogP contribution < -0.4 is 0 Å². The highest BCUT2D eigenvalue weighted by atomic mass is 19.1. The third-order valence-corrected chi connectivity index (χ3v) is 6.47. The van der Waals surface area contributed by atoms with Crippen molar-refractivity contribution in [2.75, 3.05) is 32.7 Å². The van der Waals surface area contributed by atoms with Crippen molar-refractivity contribution >= 4 is 16.9 Å². The van der Waals surface area contributed by atoms with Crippen LogP contribution >= 0.6 is 0 Å². The van der Waals surface area contributed by atoms with E-state index in [2.05, 4.69) is 15.0 Å². The van der Waals surface area contributed by atoms with Gasteiger partial charge in [-0.2, -0.15) is 0 Å². The van der Waals surface area contributed by atoms with E-state index in [-0.39, 0.29) is 11.7 Å². The zero-order valence-corrected chi connectivity index (χ0v) is 17.1. The number of carbonyl (C=O) groups is 1. The Hall–Kier alpha value is -2.80. The Morgan fingerprint density at radius 1 is 1.20 bits per heavy atom. The molecule has 0 spiro atoms. The van der Waals surface area contributed by atoms with Gasteiger partial charge in [0, 0.05) is 43.2 Å². The zero-order valence-electron chi connectivity index (χ0n) is 17.1. The van der Waals surface area contributed by atoms with Crippen LogP contribution in [0.1, 0.15) is 46.1 Å². The molecular formula is C23H25FN4O2. The monoisotopic (exact) mass is 408 g/mol. The minimum absolute atomic E-state index is 0.0448. The number of amides is 1. The molecule has 0 saturated carbocycles. The second-order valence-electron chi connectivity index (χ2n) is 8.33. The first-order chi connectivity index (χ1) is 14.6. The molecule has 5 rings (SSSR count). The molecule has 156 valence electrons. The molecule has 7 heteroatoms. The molecule has 0 bridgehead atoms. The summed E-state index contributed by atoms with van der Waals surface area (Å²) in [5, 5.41) is 5.19. The number of carbonyl (C=O) groups excluding carboxylic acids is 1. The Labute approximate surface area is 174 Å². The van der Waals surface area contributed by atoms with E-state index >= 15 is 0 Å². The van der Waals surface area contributed by atoms with E-state index in [0.29, 0.717) is 22.8 Å². The fourth-order valence-corrected chi connectivity index (χ4v) is 4.63. The number of aryl methyl sites for hydroxylation is 1. The lowest BCUT2D eigenvalue weighted by Crippen LogP contribution is -2.44. The van der Waals surface area contributed by atoms with Gasteiger partial charge < -0.3 is 14.3 Å². The Morgan fingerprint density at radius 2 is 2.03 bits per heavy atom. The zero-order chi connectivity index (χ0) is 20.7. The van der Waals surface area contributed by atoms with E-state index in [0.717, 1.165) is 68.6 Å². The number of hydrogen-bond acceptors (Lipinski definition) is 5. The van der Waals surface area contributed by atoms with Gasteiger partial charge in [-0.05, 0) is 62.5 Å². The van der Waals surface area contributed by atoms with Crippen molar-refractivity contribution in [1.82, 2.24) is 19.9 Å². The molecule has 2 aromatic heterocycles. The summed E-state index contributed by atoms with van der Waals surface area (Å²) in [6.07, 6.45) is 4.53. The lowest BCUT2D eigenvalue weighted by molar-refractivity contribution is 0.0703. The standard InChI is InChI=1S/C23H25FN4O2/c1-15-13-18-20(14-19(15)24)30-26-21(18)17-4-8-27(9-5-17)11-12-28-10-6-16-3-2-7-25-22(16)23(28)29/h2-3,7,13-14,17H,4-6,8-12H2,1H3. The molecule has 6 nitrogen and oxygen atoms in total. The van der Waals surface area contributed by atoms with Crippen LogP contribution in [0.25, 0.3) is 11.0 Å². The van der Waals surface area contributed by atoms with Gasteiger partial charge in [-0.25, -0.2) is 4.39 Å². The van der Waals surface area contributed by atoms with Crippen LogP contribution in [0, 0.1) is 12.7 Å². The predicted molar refractivity (Wildman–Crippen MR) is 111 cm³/mol. The highest BCUT2D eigenvalue weighted by molar-refractivity contribution is 5.94. The van der Waals surface area contributed by atoms with E-state index in [1.807, 2.05) is 23.1 Å². The van der Waals surface area contributed by atoms with Gasteiger partial charge >= 0.3 is 0 Å². The number of nitrogens with zero attached hydrogens (tertiary/aromatic N) is 4. The average molecular weight is 408 g/mol. The molecule has 3 aromatic rings. The van der Waals surface area contributed by atoms with Gasteiger partial charge in [-0.15, -0.1) is 0 Å². The normalized spacial score (nSPS) is 18.2. The number of halogens is 1. The second-order valence-corrected chi connectivity index (χ2v) is 8.33. The third kappa shape index (κ3) is 3.47. The van der Waals surface area contributed by atoms with Crippen molar-refractivity contribution in [1.29, 1.82) is 0 Å². The number of pyridine rings is 1. The van der Waals surface area contributed by atoms with Crippen molar-refractivity contribution in [3.05, 3.63) is 58.8 Å². The van der Waals surface area contributed by atoms with E-state index < -0.39 is 0 Å². The highest BCUT2D eigenvalue weighted by Crippen LogP contribution is 2.33. The summed E-state index contributed by atoms with van der Waals surface area (Å²) in [7, 11) is 0. The smallest absolute Gasteiger partial charge is 0.272 e. The quantitative estimate of drug-likeness (QED) is 0.661. The molecule has 30 heavy (non-hydrogen) atoms. The van der Waals surface area contributed by atoms with Crippen LogP contribution in [0.5, 0.6) is 0 Å². The molecule has 0 N–H and O–H groups in total. The molecule has 1 saturated heterocycles. The molecule has 1 fully saturated rings. The first-order valence-electron chi connectivity index (χ1n) is 10.6. The van der Waals surface area contributed by atoms with Gasteiger partial charge in [-0.1, -0.05) is 11.2 Å². The van der Waals surface area contributed by atoms with Crippen LogP contribution in [0.2, 0.25) is 0 Å². The average Bonchev–Trinajstić information content (AvgIpc) is 3.16. The van der Waals surface area contributed by atoms with Gasteiger partial charge in [0.05, 0.1) is 5.69 Å². The highest BCUT2D eigenvalue weighted by Gasteiger charge is 2.28. The summed E-state index contributed by atoms with van der Waals surface area (Å²) in [6.45, 7) is 6.03. The van der Waals surface area contributed by atoms with Crippen LogP contribution in [0.15, 0.2) is 35.0 Å². The summed E-state index contributed by atoms with van der Waals surface area (Å²) in [4.78, 5) is 21.3. The Bertz CT molecular complexity index is 1090. The van der Waals surface area contributed by atoms with Gasteiger partial charge in [-0.3, -0.25) is 9.78 Å². The van der Waals surface area contributed by atoms with Crippen LogP contribution in [0.3, 0.4) is 0 Å². The van der Waals surface area contributed by atoms with Crippen LogP contribution in [-0.2, 0) is 6.42 Å². The van der Waals surface area contributed by atoms with Crippen molar-refractivity contribution in [3.8, 4) is 0 Å². The maximum atomic E-state index is 13.8. The first kappa shape index (κ1) is 19.2. The molecule has 0 radical (unpaired) electrons. The van der Waals surface area contributed by atoms with Crippen molar-refractivity contribution < 1.29 is 13.7 Å². The Morgan fingerprint density at radius 3 is 2.87 bits per heavy atom. The van der Waals surface area contributed by atoms with E-state index in [9.17, 15) is 9.18 Å². The van der Waals surface area contributed by atoms with Crippen molar-refractivity contribution in [2.45, 2.75) is 32.1 Å². The number of likely N-dealkylation sites (tertiary alicyclic amines) is 1. The molecule has 2 aliphatic rings. The molecule has 0 unspecified atom stereocenters.